The van der Waals surface area contributed by atoms with Gasteiger partial charge in [0, 0.05) is 11.5 Å². The van der Waals surface area contributed by atoms with Gasteiger partial charge in [-0.1, -0.05) is 18.2 Å². The Labute approximate surface area is 111 Å². The van der Waals surface area contributed by atoms with Crippen LogP contribution in [0.2, 0.25) is 0 Å². The molecule has 0 aliphatic carbocycles. The van der Waals surface area contributed by atoms with Crippen LogP contribution < -0.4 is 0 Å². The highest BCUT2D eigenvalue weighted by Gasteiger charge is 2.14. The van der Waals surface area contributed by atoms with E-state index in [1.54, 1.807) is 6.07 Å². The number of aromatic nitrogens is 2. The second-order valence-electron chi connectivity index (χ2n) is 4.52. The quantitative estimate of drug-likeness (QED) is 0.561. The molecule has 4 rings (SSSR count). The summed E-state index contributed by atoms with van der Waals surface area (Å²) in [5, 5.41) is 0.926. The Morgan fingerprint density at radius 3 is 2.75 bits per heavy atom. The number of para-hydroxylation sites is 1. The molecule has 98 valence electrons. The lowest BCUT2D eigenvalue weighted by Gasteiger charge is -1.90. The zero-order valence-electron chi connectivity index (χ0n) is 10.2. The fourth-order valence-electron chi connectivity index (χ4n) is 2.26. The van der Waals surface area contributed by atoms with Crippen molar-refractivity contribution in [3.8, 4) is 11.6 Å². The molecular formula is C15H8F2N2O. The number of H-pyrrole nitrogens is 1. The highest BCUT2D eigenvalue weighted by atomic mass is 19.1. The molecule has 0 fully saturated rings. The minimum atomic E-state index is -0.696. The van der Waals surface area contributed by atoms with Crippen molar-refractivity contribution in [1.29, 1.82) is 0 Å². The summed E-state index contributed by atoms with van der Waals surface area (Å²) in [7, 11) is 0. The highest BCUT2D eigenvalue weighted by molar-refractivity contribution is 5.84. The number of benzene rings is 2. The average Bonchev–Trinajstić information content (AvgIpc) is 3.01. The summed E-state index contributed by atoms with van der Waals surface area (Å²) >= 11 is 0. The maximum atomic E-state index is 13.6. The monoisotopic (exact) mass is 270 g/mol. The van der Waals surface area contributed by atoms with Gasteiger partial charge in [0.2, 0.25) is 0 Å². The van der Waals surface area contributed by atoms with Crippen molar-refractivity contribution >= 4 is 22.0 Å². The summed E-state index contributed by atoms with van der Waals surface area (Å²) in [5.74, 6) is -0.476. The zero-order chi connectivity index (χ0) is 13.7. The summed E-state index contributed by atoms with van der Waals surface area (Å²) in [6, 6.07) is 11.3. The molecule has 0 aliphatic heterocycles. The minimum absolute atomic E-state index is 0.0989. The SMILES string of the molecule is Fc1cc(F)c2nc(-c3cc4ccccc4o3)[nH]c2c1. The maximum absolute atomic E-state index is 13.6. The first-order valence-corrected chi connectivity index (χ1v) is 6.04. The molecule has 0 aliphatic rings. The van der Waals surface area contributed by atoms with E-state index in [0.717, 1.165) is 17.0 Å². The number of rotatable bonds is 1. The number of imidazole rings is 1. The molecule has 2 aromatic heterocycles. The van der Waals surface area contributed by atoms with E-state index >= 15 is 0 Å². The van der Waals surface area contributed by atoms with Gasteiger partial charge >= 0.3 is 0 Å². The van der Waals surface area contributed by atoms with Crippen molar-refractivity contribution < 1.29 is 13.2 Å². The van der Waals surface area contributed by atoms with Gasteiger partial charge in [-0.05, 0) is 18.2 Å². The van der Waals surface area contributed by atoms with Crippen LogP contribution >= 0.6 is 0 Å². The third-order valence-electron chi connectivity index (χ3n) is 3.16. The standard InChI is InChI=1S/C15H8F2N2O/c16-9-6-10(17)14-11(7-9)18-15(19-14)13-5-8-3-1-2-4-12(8)20-13/h1-7H,(H,18,19). The molecule has 0 bridgehead atoms. The Morgan fingerprint density at radius 1 is 1.05 bits per heavy atom. The first-order valence-electron chi connectivity index (χ1n) is 6.04. The summed E-state index contributed by atoms with van der Waals surface area (Å²) < 4.78 is 32.4. The fourth-order valence-corrected chi connectivity index (χ4v) is 2.26. The van der Waals surface area contributed by atoms with Gasteiger partial charge in [-0.15, -0.1) is 0 Å². The maximum Gasteiger partial charge on any atom is 0.174 e. The van der Waals surface area contributed by atoms with Gasteiger partial charge in [0.05, 0.1) is 5.52 Å². The predicted octanol–water partition coefficient (Wildman–Crippen LogP) is 4.25. The second-order valence-corrected chi connectivity index (χ2v) is 4.52. The molecule has 2 aromatic carbocycles. The number of fused-ring (bicyclic) bond motifs is 2. The Balaban J connectivity index is 1.95. The van der Waals surface area contributed by atoms with Gasteiger partial charge in [-0.25, -0.2) is 13.8 Å². The van der Waals surface area contributed by atoms with Crippen molar-refractivity contribution in [2.45, 2.75) is 0 Å². The smallest absolute Gasteiger partial charge is 0.174 e. The summed E-state index contributed by atoms with van der Waals surface area (Å²) in [6.07, 6.45) is 0. The van der Waals surface area contributed by atoms with Crippen LogP contribution in [-0.4, -0.2) is 9.97 Å². The lowest BCUT2D eigenvalue weighted by atomic mass is 10.2. The first-order chi connectivity index (χ1) is 9.70. The number of halogens is 2. The third kappa shape index (κ3) is 1.60. The number of aromatic amines is 1. The van der Waals surface area contributed by atoms with Crippen molar-refractivity contribution in [3.63, 3.8) is 0 Å². The molecule has 0 spiro atoms. The van der Waals surface area contributed by atoms with Crippen molar-refractivity contribution in [2.75, 3.05) is 0 Å². The number of hydrogen-bond acceptors (Lipinski definition) is 2. The fraction of sp³-hybridized carbons (Fsp3) is 0. The summed E-state index contributed by atoms with van der Waals surface area (Å²) in [4.78, 5) is 7.00. The molecule has 0 atom stereocenters. The van der Waals surface area contributed by atoms with Gasteiger partial charge in [-0.2, -0.15) is 0 Å². The lowest BCUT2D eigenvalue weighted by molar-refractivity contribution is 0.590. The van der Waals surface area contributed by atoms with Crippen LogP contribution in [0.5, 0.6) is 0 Å². The van der Waals surface area contributed by atoms with E-state index in [4.69, 9.17) is 4.42 Å². The van der Waals surface area contributed by atoms with Crippen LogP contribution in [0.25, 0.3) is 33.6 Å². The predicted molar refractivity (Wildman–Crippen MR) is 71.2 cm³/mol. The summed E-state index contributed by atoms with van der Waals surface area (Å²) in [6.45, 7) is 0. The first kappa shape index (κ1) is 11.2. The molecule has 1 N–H and O–H groups in total. The largest absolute Gasteiger partial charge is 0.453 e. The van der Waals surface area contributed by atoms with E-state index in [1.165, 1.54) is 6.07 Å². The zero-order valence-corrected chi connectivity index (χ0v) is 10.2. The Bertz CT molecular complexity index is 907. The van der Waals surface area contributed by atoms with E-state index in [9.17, 15) is 8.78 Å². The number of nitrogens with zero attached hydrogens (tertiary/aromatic N) is 1. The molecular weight excluding hydrogens is 262 g/mol. The molecule has 0 saturated carbocycles. The van der Waals surface area contributed by atoms with E-state index < -0.39 is 11.6 Å². The van der Waals surface area contributed by atoms with Crippen LogP contribution in [0.15, 0.2) is 46.9 Å². The second kappa shape index (κ2) is 3.90. The molecule has 0 saturated heterocycles. The van der Waals surface area contributed by atoms with E-state index in [1.807, 2.05) is 24.3 Å². The summed E-state index contributed by atoms with van der Waals surface area (Å²) in [5.41, 5.74) is 1.12. The molecule has 3 nitrogen and oxygen atoms in total. The van der Waals surface area contributed by atoms with Crippen LogP contribution in [0.3, 0.4) is 0 Å². The Kier molecular flexibility index (Phi) is 2.18. The number of furan rings is 1. The van der Waals surface area contributed by atoms with Crippen LogP contribution in [-0.2, 0) is 0 Å². The highest BCUT2D eigenvalue weighted by Crippen LogP contribution is 2.28. The van der Waals surface area contributed by atoms with Gasteiger partial charge in [0.15, 0.2) is 17.4 Å². The van der Waals surface area contributed by atoms with Crippen LogP contribution in [0.1, 0.15) is 0 Å². The van der Waals surface area contributed by atoms with Gasteiger partial charge in [-0.3, -0.25) is 0 Å². The molecule has 5 heteroatoms. The van der Waals surface area contributed by atoms with Crippen LogP contribution in [0, 0.1) is 11.6 Å². The number of hydrogen-bond donors (Lipinski definition) is 1. The van der Waals surface area contributed by atoms with E-state index in [0.29, 0.717) is 17.1 Å². The minimum Gasteiger partial charge on any atom is -0.453 e. The molecule has 0 unspecified atom stereocenters. The lowest BCUT2D eigenvalue weighted by Crippen LogP contribution is -1.81. The molecule has 0 radical (unpaired) electrons. The normalized spacial score (nSPS) is 11.5. The van der Waals surface area contributed by atoms with Crippen molar-refractivity contribution in [1.82, 2.24) is 9.97 Å². The molecule has 2 heterocycles. The Hall–Kier alpha value is -2.69. The van der Waals surface area contributed by atoms with Gasteiger partial charge < -0.3 is 9.40 Å². The molecule has 20 heavy (non-hydrogen) atoms. The molecule has 4 aromatic rings. The van der Waals surface area contributed by atoms with E-state index in [2.05, 4.69) is 9.97 Å². The topological polar surface area (TPSA) is 41.8 Å². The van der Waals surface area contributed by atoms with Gasteiger partial charge in [0.1, 0.15) is 16.9 Å². The molecule has 0 amide bonds. The Morgan fingerprint density at radius 2 is 1.90 bits per heavy atom. The average molecular weight is 270 g/mol. The van der Waals surface area contributed by atoms with Gasteiger partial charge in [0.25, 0.3) is 0 Å². The third-order valence-corrected chi connectivity index (χ3v) is 3.16. The number of nitrogens with one attached hydrogen (secondary N) is 1. The van der Waals surface area contributed by atoms with Crippen molar-refractivity contribution in [3.05, 3.63) is 54.1 Å². The van der Waals surface area contributed by atoms with Crippen LogP contribution in [0.4, 0.5) is 8.78 Å². The van der Waals surface area contributed by atoms with Crippen molar-refractivity contribution in [2.24, 2.45) is 0 Å². The van der Waals surface area contributed by atoms with E-state index in [-0.39, 0.29) is 5.52 Å².